The Kier molecular flexibility index (Phi) is 2.61. The predicted octanol–water partition coefficient (Wildman–Crippen LogP) is 2.69. The van der Waals surface area contributed by atoms with Gasteiger partial charge in [0, 0.05) is 11.6 Å². The van der Waals surface area contributed by atoms with Crippen LogP contribution >= 0.6 is 11.6 Å². The summed E-state index contributed by atoms with van der Waals surface area (Å²) in [5, 5.41) is 0.565. The highest BCUT2D eigenvalue weighted by Crippen LogP contribution is 2.28. The average Bonchev–Trinajstić information content (AvgIpc) is 2.74. The molecule has 0 saturated carbocycles. The van der Waals surface area contributed by atoms with E-state index >= 15 is 0 Å². The van der Waals surface area contributed by atoms with E-state index in [4.69, 9.17) is 26.2 Å². The van der Waals surface area contributed by atoms with Gasteiger partial charge in [0.05, 0.1) is 11.3 Å². The van der Waals surface area contributed by atoms with Crippen molar-refractivity contribution in [1.82, 2.24) is 0 Å². The molecule has 2 N–H and O–H groups in total. The molecule has 14 heavy (non-hydrogen) atoms. The van der Waals surface area contributed by atoms with Crippen molar-refractivity contribution in [2.24, 2.45) is 5.73 Å². The summed E-state index contributed by atoms with van der Waals surface area (Å²) in [4.78, 5) is 0. The van der Waals surface area contributed by atoms with Gasteiger partial charge in [0.15, 0.2) is 11.5 Å². The van der Waals surface area contributed by atoms with Gasteiger partial charge in [-0.15, -0.1) is 0 Å². The van der Waals surface area contributed by atoms with E-state index in [0.29, 0.717) is 23.1 Å². The quantitative estimate of drug-likeness (QED) is 0.849. The molecule has 2 aromatic heterocycles. The number of furan rings is 2. The van der Waals surface area contributed by atoms with Crippen LogP contribution in [-0.2, 0) is 6.42 Å². The summed E-state index contributed by atoms with van der Waals surface area (Å²) in [6.07, 6.45) is 3.87. The normalized spacial score (nSPS) is 10.7. The Morgan fingerprint density at radius 3 is 2.86 bits per heavy atom. The monoisotopic (exact) mass is 211 g/mol. The summed E-state index contributed by atoms with van der Waals surface area (Å²) in [5.41, 5.74) is 6.51. The molecular weight excluding hydrogens is 202 g/mol. The molecular formula is C10H10ClNO2. The predicted molar refractivity (Wildman–Crippen MR) is 54.2 cm³/mol. The minimum atomic E-state index is 0.565. The molecule has 0 aliphatic carbocycles. The summed E-state index contributed by atoms with van der Waals surface area (Å²) >= 11 is 5.75. The Hall–Kier alpha value is -1.19. The van der Waals surface area contributed by atoms with Crippen molar-refractivity contribution in [3.63, 3.8) is 0 Å². The van der Waals surface area contributed by atoms with E-state index in [0.717, 1.165) is 12.0 Å². The van der Waals surface area contributed by atoms with Crippen molar-refractivity contribution in [3.8, 4) is 11.5 Å². The minimum absolute atomic E-state index is 0.565. The fourth-order valence-corrected chi connectivity index (χ4v) is 1.48. The van der Waals surface area contributed by atoms with E-state index in [-0.39, 0.29) is 0 Å². The lowest BCUT2D eigenvalue weighted by Crippen LogP contribution is -2.02. The molecule has 0 bridgehead atoms. The van der Waals surface area contributed by atoms with Crippen molar-refractivity contribution in [2.45, 2.75) is 6.42 Å². The van der Waals surface area contributed by atoms with Crippen LogP contribution in [0, 0.1) is 0 Å². The summed E-state index contributed by atoms with van der Waals surface area (Å²) < 4.78 is 10.5. The van der Waals surface area contributed by atoms with Gasteiger partial charge < -0.3 is 14.6 Å². The summed E-state index contributed by atoms with van der Waals surface area (Å²) in [6, 6.07) is 3.61. The lowest BCUT2D eigenvalue weighted by Gasteiger charge is -1.96. The van der Waals surface area contributed by atoms with Gasteiger partial charge in [-0.1, -0.05) is 11.6 Å². The zero-order valence-electron chi connectivity index (χ0n) is 7.50. The molecule has 2 aromatic rings. The van der Waals surface area contributed by atoms with Gasteiger partial charge in [0.1, 0.15) is 6.26 Å². The first kappa shape index (κ1) is 9.37. The van der Waals surface area contributed by atoms with Crippen LogP contribution < -0.4 is 5.73 Å². The first-order valence-electron chi connectivity index (χ1n) is 4.32. The Bertz CT molecular complexity index is 419. The second-order valence-electron chi connectivity index (χ2n) is 2.94. The third-order valence-corrected chi connectivity index (χ3v) is 2.15. The van der Waals surface area contributed by atoms with E-state index < -0.39 is 0 Å². The van der Waals surface area contributed by atoms with Gasteiger partial charge in [-0.25, -0.2) is 0 Å². The first-order valence-corrected chi connectivity index (χ1v) is 4.70. The molecule has 0 aliphatic heterocycles. The number of halogens is 1. The highest BCUT2D eigenvalue weighted by atomic mass is 35.5. The molecule has 0 aromatic carbocycles. The summed E-state index contributed by atoms with van der Waals surface area (Å²) in [5.74, 6) is 1.35. The maximum absolute atomic E-state index is 5.75. The van der Waals surface area contributed by atoms with Gasteiger partial charge in [0.2, 0.25) is 0 Å². The second-order valence-corrected chi connectivity index (χ2v) is 3.38. The lowest BCUT2D eigenvalue weighted by molar-refractivity contribution is 0.522. The standard InChI is InChI=1S/C10H10ClNO2/c11-8-5-9(14-6-8)10-7(1-3-12)2-4-13-10/h2,4-6H,1,3,12H2. The third kappa shape index (κ3) is 1.69. The molecule has 74 valence electrons. The molecule has 2 heterocycles. The Labute approximate surface area is 86.5 Å². The molecule has 3 nitrogen and oxygen atoms in total. The Morgan fingerprint density at radius 1 is 1.36 bits per heavy atom. The van der Waals surface area contributed by atoms with Gasteiger partial charge in [-0.2, -0.15) is 0 Å². The van der Waals surface area contributed by atoms with E-state index in [1.54, 1.807) is 12.3 Å². The van der Waals surface area contributed by atoms with Crippen LogP contribution in [0.4, 0.5) is 0 Å². The van der Waals surface area contributed by atoms with Gasteiger partial charge >= 0.3 is 0 Å². The lowest BCUT2D eigenvalue weighted by atomic mass is 10.1. The number of rotatable bonds is 3. The SMILES string of the molecule is NCCc1ccoc1-c1cc(Cl)co1. The highest BCUT2D eigenvalue weighted by Gasteiger charge is 2.11. The Morgan fingerprint density at radius 2 is 2.21 bits per heavy atom. The van der Waals surface area contributed by atoms with Gasteiger partial charge in [0.25, 0.3) is 0 Å². The van der Waals surface area contributed by atoms with E-state index in [1.165, 1.54) is 6.26 Å². The highest BCUT2D eigenvalue weighted by molar-refractivity contribution is 6.30. The second kappa shape index (κ2) is 3.90. The number of hydrogen-bond acceptors (Lipinski definition) is 3. The van der Waals surface area contributed by atoms with Crippen LogP contribution in [0.3, 0.4) is 0 Å². The Balaban J connectivity index is 2.36. The maximum Gasteiger partial charge on any atom is 0.172 e. The summed E-state index contributed by atoms with van der Waals surface area (Å²) in [6.45, 7) is 0.584. The molecule has 0 radical (unpaired) electrons. The van der Waals surface area contributed by atoms with Crippen molar-refractivity contribution in [3.05, 3.63) is 35.2 Å². The topological polar surface area (TPSA) is 52.3 Å². The zero-order chi connectivity index (χ0) is 9.97. The van der Waals surface area contributed by atoms with Crippen molar-refractivity contribution in [2.75, 3.05) is 6.54 Å². The van der Waals surface area contributed by atoms with Crippen LogP contribution in [0.2, 0.25) is 5.02 Å². The summed E-state index contributed by atoms with van der Waals surface area (Å²) in [7, 11) is 0. The van der Waals surface area contributed by atoms with Crippen LogP contribution in [-0.4, -0.2) is 6.54 Å². The average molecular weight is 212 g/mol. The van der Waals surface area contributed by atoms with Gasteiger partial charge in [-0.05, 0) is 19.0 Å². The fraction of sp³-hybridized carbons (Fsp3) is 0.200. The molecule has 0 spiro atoms. The molecule has 0 amide bonds. The maximum atomic E-state index is 5.75. The molecule has 2 rings (SSSR count). The molecule has 0 fully saturated rings. The van der Waals surface area contributed by atoms with Crippen LogP contribution in [0.1, 0.15) is 5.56 Å². The van der Waals surface area contributed by atoms with Gasteiger partial charge in [-0.3, -0.25) is 0 Å². The first-order chi connectivity index (χ1) is 6.81. The minimum Gasteiger partial charge on any atom is -0.461 e. The zero-order valence-corrected chi connectivity index (χ0v) is 8.25. The molecule has 0 unspecified atom stereocenters. The molecule has 0 atom stereocenters. The molecule has 0 aliphatic rings. The smallest absolute Gasteiger partial charge is 0.172 e. The van der Waals surface area contributed by atoms with E-state index in [2.05, 4.69) is 0 Å². The molecule has 0 saturated heterocycles. The van der Waals surface area contributed by atoms with Crippen LogP contribution in [0.5, 0.6) is 0 Å². The fourth-order valence-electron chi connectivity index (χ4n) is 1.34. The number of nitrogens with two attached hydrogens (primary N) is 1. The van der Waals surface area contributed by atoms with Crippen molar-refractivity contribution in [1.29, 1.82) is 0 Å². The van der Waals surface area contributed by atoms with Crippen molar-refractivity contribution < 1.29 is 8.83 Å². The number of hydrogen-bond donors (Lipinski definition) is 1. The largest absolute Gasteiger partial charge is 0.461 e. The van der Waals surface area contributed by atoms with E-state index in [1.807, 2.05) is 6.07 Å². The van der Waals surface area contributed by atoms with Crippen molar-refractivity contribution >= 4 is 11.6 Å². The van der Waals surface area contributed by atoms with Crippen LogP contribution in [0.15, 0.2) is 33.5 Å². The van der Waals surface area contributed by atoms with E-state index in [9.17, 15) is 0 Å². The molecule has 4 heteroatoms. The van der Waals surface area contributed by atoms with Crippen LogP contribution in [0.25, 0.3) is 11.5 Å². The third-order valence-electron chi connectivity index (χ3n) is 1.95.